The first-order valence-corrected chi connectivity index (χ1v) is 4.90. The summed E-state index contributed by atoms with van der Waals surface area (Å²) in [5.41, 5.74) is 13.2. The SMILES string of the molecule is NC(N)(c1ccccc1)c1ccccc1.[SiH4]. The third-order valence-electron chi connectivity index (χ3n) is 2.50. The van der Waals surface area contributed by atoms with Crippen LogP contribution in [0.4, 0.5) is 0 Å². The van der Waals surface area contributed by atoms with Crippen LogP contribution >= 0.6 is 0 Å². The molecular weight excluding hydrogens is 212 g/mol. The molecule has 0 unspecified atom stereocenters. The Bertz CT molecular complexity index is 385. The topological polar surface area (TPSA) is 52.0 Å². The molecule has 0 radical (unpaired) electrons. The van der Waals surface area contributed by atoms with Crippen LogP contribution in [0.2, 0.25) is 0 Å². The molecule has 0 aliphatic carbocycles. The second-order valence-corrected chi connectivity index (χ2v) is 3.60. The van der Waals surface area contributed by atoms with Crippen molar-refractivity contribution in [2.75, 3.05) is 0 Å². The van der Waals surface area contributed by atoms with Crippen molar-refractivity contribution in [3.8, 4) is 0 Å². The summed E-state index contributed by atoms with van der Waals surface area (Å²) >= 11 is 0. The summed E-state index contributed by atoms with van der Waals surface area (Å²) < 4.78 is 0. The van der Waals surface area contributed by atoms with E-state index < -0.39 is 5.66 Å². The third-order valence-corrected chi connectivity index (χ3v) is 2.50. The zero-order valence-corrected chi connectivity index (χ0v) is 8.43. The minimum atomic E-state index is -0.914. The fourth-order valence-electron chi connectivity index (χ4n) is 1.59. The molecule has 0 spiro atoms. The summed E-state index contributed by atoms with van der Waals surface area (Å²) in [5, 5.41) is 0. The van der Waals surface area contributed by atoms with Crippen LogP contribution in [0, 0.1) is 0 Å². The minimum Gasteiger partial charge on any atom is -0.306 e. The van der Waals surface area contributed by atoms with E-state index in [4.69, 9.17) is 11.5 Å². The predicted molar refractivity (Wildman–Crippen MR) is 73.4 cm³/mol. The number of hydrogen-bond acceptors (Lipinski definition) is 2. The van der Waals surface area contributed by atoms with E-state index in [0.29, 0.717) is 0 Å². The maximum Gasteiger partial charge on any atom is 0.116 e. The molecule has 2 aromatic rings. The van der Waals surface area contributed by atoms with Gasteiger partial charge in [0.15, 0.2) is 0 Å². The highest BCUT2D eigenvalue weighted by Crippen LogP contribution is 2.20. The molecular formula is C13H18N2Si. The number of hydrogen-bond donors (Lipinski definition) is 2. The Kier molecular flexibility index (Phi) is 4.01. The largest absolute Gasteiger partial charge is 0.306 e. The van der Waals surface area contributed by atoms with Gasteiger partial charge in [-0.25, -0.2) is 0 Å². The van der Waals surface area contributed by atoms with Gasteiger partial charge in [0, 0.05) is 0 Å². The highest BCUT2D eigenvalue weighted by molar-refractivity contribution is 5.75. The highest BCUT2D eigenvalue weighted by Gasteiger charge is 2.23. The number of nitrogens with two attached hydrogens (primary N) is 2. The van der Waals surface area contributed by atoms with Gasteiger partial charge in [0.2, 0.25) is 0 Å². The molecule has 0 aliphatic rings. The molecule has 16 heavy (non-hydrogen) atoms. The Balaban J connectivity index is 0.00000128. The van der Waals surface area contributed by atoms with Crippen molar-refractivity contribution in [3.63, 3.8) is 0 Å². The van der Waals surface area contributed by atoms with Crippen LogP contribution < -0.4 is 11.5 Å². The average Bonchev–Trinajstić information content (AvgIpc) is 2.31. The molecule has 0 bridgehead atoms. The Hall–Kier alpha value is -1.42. The summed E-state index contributed by atoms with van der Waals surface area (Å²) in [7, 11) is 0. The monoisotopic (exact) mass is 230 g/mol. The Morgan fingerprint density at radius 3 is 1.25 bits per heavy atom. The van der Waals surface area contributed by atoms with Crippen LogP contribution in [-0.4, -0.2) is 11.0 Å². The van der Waals surface area contributed by atoms with Gasteiger partial charge < -0.3 is 11.5 Å². The van der Waals surface area contributed by atoms with Gasteiger partial charge in [-0.2, -0.15) is 0 Å². The highest BCUT2D eigenvalue weighted by atomic mass is 28.1. The summed E-state index contributed by atoms with van der Waals surface area (Å²) in [5.74, 6) is 0. The predicted octanol–water partition coefficient (Wildman–Crippen LogP) is 0.353. The van der Waals surface area contributed by atoms with E-state index >= 15 is 0 Å². The molecule has 0 fully saturated rings. The fraction of sp³-hybridized carbons (Fsp3) is 0.0769. The molecule has 2 nitrogen and oxygen atoms in total. The molecule has 0 atom stereocenters. The van der Waals surface area contributed by atoms with Gasteiger partial charge in [0.05, 0.1) is 0 Å². The Morgan fingerprint density at radius 2 is 0.938 bits per heavy atom. The van der Waals surface area contributed by atoms with Crippen molar-refractivity contribution in [2.45, 2.75) is 5.66 Å². The first kappa shape index (κ1) is 12.6. The van der Waals surface area contributed by atoms with Crippen LogP contribution in [0.1, 0.15) is 11.1 Å². The second kappa shape index (κ2) is 5.07. The summed E-state index contributed by atoms with van der Waals surface area (Å²) in [6.45, 7) is 0. The second-order valence-electron chi connectivity index (χ2n) is 3.60. The van der Waals surface area contributed by atoms with Crippen molar-refractivity contribution < 1.29 is 0 Å². The molecule has 0 amide bonds. The van der Waals surface area contributed by atoms with Crippen LogP contribution in [0.5, 0.6) is 0 Å². The molecule has 3 heteroatoms. The van der Waals surface area contributed by atoms with E-state index in [0.717, 1.165) is 11.1 Å². The van der Waals surface area contributed by atoms with E-state index in [1.807, 2.05) is 60.7 Å². The zero-order chi connectivity index (χ0) is 10.7. The standard InChI is InChI=1S/C13H14N2.H4Si/c14-13(15,11-7-3-1-4-8-11)12-9-5-2-6-10-12;/h1-10H,14-15H2;1H4. The van der Waals surface area contributed by atoms with Crippen molar-refractivity contribution in [1.29, 1.82) is 0 Å². The first-order chi connectivity index (χ1) is 7.21. The van der Waals surface area contributed by atoms with Gasteiger partial charge in [-0.05, 0) is 22.1 Å². The van der Waals surface area contributed by atoms with Crippen LogP contribution in [-0.2, 0) is 5.66 Å². The van der Waals surface area contributed by atoms with Crippen LogP contribution in [0.3, 0.4) is 0 Å². The summed E-state index contributed by atoms with van der Waals surface area (Å²) in [4.78, 5) is 0. The molecule has 0 saturated heterocycles. The summed E-state index contributed by atoms with van der Waals surface area (Å²) in [6.07, 6.45) is 0. The Morgan fingerprint density at radius 1 is 0.625 bits per heavy atom. The minimum absolute atomic E-state index is 0. The van der Waals surface area contributed by atoms with Crippen molar-refractivity contribution in [2.24, 2.45) is 11.5 Å². The van der Waals surface area contributed by atoms with Crippen molar-refractivity contribution in [1.82, 2.24) is 0 Å². The lowest BCUT2D eigenvalue weighted by atomic mass is 9.93. The molecule has 0 saturated carbocycles. The molecule has 2 aromatic carbocycles. The van der Waals surface area contributed by atoms with Gasteiger partial charge in [0.1, 0.15) is 5.66 Å². The van der Waals surface area contributed by atoms with Crippen LogP contribution in [0.15, 0.2) is 60.7 Å². The van der Waals surface area contributed by atoms with E-state index in [-0.39, 0.29) is 11.0 Å². The van der Waals surface area contributed by atoms with Gasteiger partial charge in [0.25, 0.3) is 0 Å². The zero-order valence-electron chi connectivity index (χ0n) is 8.43. The number of rotatable bonds is 2. The van der Waals surface area contributed by atoms with Crippen molar-refractivity contribution >= 4 is 11.0 Å². The number of benzene rings is 2. The lowest BCUT2D eigenvalue weighted by Gasteiger charge is -2.25. The van der Waals surface area contributed by atoms with Gasteiger partial charge in [-0.1, -0.05) is 60.7 Å². The summed E-state index contributed by atoms with van der Waals surface area (Å²) in [6, 6.07) is 19.4. The normalized spacial score (nSPS) is 10.6. The van der Waals surface area contributed by atoms with E-state index in [1.54, 1.807) is 0 Å². The molecule has 84 valence electrons. The molecule has 2 rings (SSSR count). The molecule has 0 aromatic heterocycles. The average molecular weight is 230 g/mol. The Labute approximate surface area is 100 Å². The molecule has 4 N–H and O–H groups in total. The molecule has 0 aliphatic heterocycles. The van der Waals surface area contributed by atoms with E-state index in [2.05, 4.69) is 0 Å². The first-order valence-electron chi connectivity index (χ1n) is 4.90. The van der Waals surface area contributed by atoms with Crippen LogP contribution in [0.25, 0.3) is 0 Å². The van der Waals surface area contributed by atoms with E-state index in [1.165, 1.54) is 0 Å². The molecule has 0 heterocycles. The maximum atomic E-state index is 6.14. The smallest absolute Gasteiger partial charge is 0.116 e. The fourth-order valence-corrected chi connectivity index (χ4v) is 1.59. The van der Waals surface area contributed by atoms with Gasteiger partial charge in [-0.15, -0.1) is 0 Å². The quantitative estimate of drug-likeness (QED) is 0.578. The van der Waals surface area contributed by atoms with Gasteiger partial charge >= 0.3 is 0 Å². The third kappa shape index (κ3) is 2.39. The lowest BCUT2D eigenvalue weighted by molar-refractivity contribution is 0.567. The maximum absolute atomic E-state index is 6.14. The van der Waals surface area contributed by atoms with E-state index in [9.17, 15) is 0 Å². The van der Waals surface area contributed by atoms with Gasteiger partial charge in [-0.3, -0.25) is 0 Å². The lowest BCUT2D eigenvalue weighted by Crippen LogP contribution is -2.46. The van der Waals surface area contributed by atoms with Crippen molar-refractivity contribution in [3.05, 3.63) is 71.8 Å².